The van der Waals surface area contributed by atoms with Gasteiger partial charge in [-0.05, 0) is 6.54 Å². The largest absolute Gasteiger partial charge is 0.330 e. The Bertz CT molecular complexity index is 119. The molecule has 0 aromatic rings. The lowest BCUT2D eigenvalue weighted by molar-refractivity contribution is 0.563. The summed E-state index contributed by atoms with van der Waals surface area (Å²) in [5.41, 5.74) is 5.43. The summed E-state index contributed by atoms with van der Waals surface area (Å²) >= 11 is 11.8. The lowest BCUT2D eigenvalue weighted by atomic mass is 10.1. The molecule has 2 N–H and O–H groups in total. The van der Waals surface area contributed by atoms with E-state index in [9.17, 15) is 0 Å². The third-order valence-corrected chi connectivity index (χ3v) is 3.82. The molecule has 1 unspecified atom stereocenters. The van der Waals surface area contributed by atoms with E-state index in [-0.39, 0.29) is 23.7 Å². The van der Waals surface area contributed by atoms with E-state index in [1.807, 2.05) is 13.8 Å². The van der Waals surface area contributed by atoms with E-state index in [0.717, 1.165) is 0 Å². The quantitative estimate of drug-likeness (QED) is 0.651. The molecular weight excluding hydrogens is 192 g/mol. The SMILES string of the molecule is CC1(C)C(CN)C1(Cl)Cl.Cl. The van der Waals surface area contributed by atoms with Crippen LogP contribution in [0.2, 0.25) is 0 Å². The molecule has 1 atom stereocenters. The van der Waals surface area contributed by atoms with Crippen LogP contribution in [-0.4, -0.2) is 10.9 Å². The highest BCUT2D eigenvalue weighted by atomic mass is 35.5. The first-order valence-electron chi connectivity index (χ1n) is 3.02. The van der Waals surface area contributed by atoms with Gasteiger partial charge in [-0.2, -0.15) is 0 Å². The summed E-state index contributed by atoms with van der Waals surface area (Å²) in [6.45, 7) is 4.65. The number of nitrogens with two attached hydrogens (primary N) is 1. The molecule has 62 valence electrons. The van der Waals surface area contributed by atoms with E-state index in [4.69, 9.17) is 28.9 Å². The molecule has 0 aromatic carbocycles. The highest BCUT2D eigenvalue weighted by Crippen LogP contribution is 2.68. The Kier molecular flexibility index (Phi) is 2.93. The van der Waals surface area contributed by atoms with Gasteiger partial charge in [0.1, 0.15) is 4.33 Å². The van der Waals surface area contributed by atoms with Crippen LogP contribution < -0.4 is 5.73 Å². The average Bonchev–Trinajstić information content (AvgIpc) is 2.00. The van der Waals surface area contributed by atoms with Crippen LogP contribution in [-0.2, 0) is 0 Å². The van der Waals surface area contributed by atoms with Gasteiger partial charge in [0.05, 0.1) is 0 Å². The summed E-state index contributed by atoms with van der Waals surface area (Å²) in [6, 6.07) is 0. The first-order chi connectivity index (χ1) is 3.94. The normalized spacial score (nSPS) is 32.7. The van der Waals surface area contributed by atoms with Crippen LogP contribution in [0.4, 0.5) is 0 Å². The minimum atomic E-state index is -0.568. The minimum Gasteiger partial charge on any atom is -0.330 e. The van der Waals surface area contributed by atoms with Crippen molar-refractivity contribution < 1.29 is 0 Å². The molecule has 1 rings (SSSR count). The van der Waals surface area contributed by atoms with Crippen LogP contribution in [0.5, 0.6) is 0 Å². The van der Waals surface area contributed by atoms with Crippen LogP contribution in [0.15, 0.2) is 0 Å². The van der Waals surface area contributed by atoms with E-state index >= 15 is 0 Å². The van der Waals surface area contributed by atoms with Crippen molar-refractivity contribution in [1.82, 2.24) is 0 Å². The second kappa shape index (κ2) is 2.71. The Labute approximate surface area is 77.7 Å². The zero-order valence-electron chi connectivity index (χ0n) is 6.03. The van der Waals surface area contributed by atoms with Crippen molar-refractivity contribution >= 4 is 35.6 Å². The van der Waals surface area contributed by atoms with E-state index in [0.29, 0.717) is 6.54 Å². The Hall–Kier alpha value is 0.830. The third kappa shape index (κ3) is 1.14. The number of hydrogen-bond donors (Lipinski definition) is 1. The van der Waals surface area contributed by atoms with Gasteiger partial charge in [0, 0.05) is 11.3 Å². The standard InChI is InChI=1S/C6H11Cl2N.ClH/c1-5(2)4(3-9)6(5,7)8;/h4H,3,9H2,1-2H3;1H. The topological polar surface area (TPSA) is 26.0 Å². The third-order valence-electron chi connectivity index (χ3n) is 2.32. The monoisotopic (exact) mass is 203 g/mol. The van der Waals surface area contributed by atoms with E-state index in [1.54, 1.807) is 0 Å². The van der Waals surface area contributed by atoms with Crippen LogP contribution >= 0.6 is 35.6 Å². The fourth-order valence-electron chi connectivity index (χ4n) is 1.20. The molecule has 0 radical (unpaired) electrons. The molecule has 10 heavy (non-hydrogen) atoms. The van der Waals surface area contributed by atoms with Crippen LogP contribution in [0.1, 0.15) is 13.8 Å². The molecule has 0 amide bonds. The van der Waals surface area contributed by atoms with Crippen molar-refractivity contribution in [1.29, 1.82) is 0 Å². The van der Waals surface area contributed by atoms with Crippen molar-refractivity contribution in [3.8, 4) is 0 Å². The summed E-state index contributed by atoms with van der Waals surface area (Å²) in [4.78, 5) is 0. The summed E-state index contributed by atoms with van der Waals surface area (Å²) in [5.74, 6) is 0.272. The minimum absolute atomic E-state index is 0. The molecular formula is C6H12Cl3N. The fourth-order valence-corrected chi connectivity index (χ4v) is 2.08. The summed E-state index contributed by atoms with van der Waals surface area (Å²) in [7, 11) is 0. The molecule has 4 heteroatoms. The van der Waals surface area contributed by atoms with Gasteiger partial charge in [-0.3, -0.25) is 0 Å². The van der Waals surface area contributed by atoms with Gasteiger partial charge in [-0.1, -0.05) is 13.8 Å². The first kappa shape index (κ1) is 10.8. The summed E-state index contributed by atoms with van der Waals surface area (Å²) in [6.07, 6.45) is 0. The molecule has 1 nitrogen and oxygen atoms in total. The highest BCUT2D eigenvalue weighted by molar-refractivity contribution is 6.51. The zero-order chi connectivity index (χ0) is 7.28. The number of rotatable bonds is 1. The van der Waals surface area contributed by atoms with Crippen molar-refractivity contribution in [3.05, 3.63) is 0 Å². The number of hydrogen-bond acceptors (Lipinski definition) is 1. The Balaban J connectivity index is 0.000000810. The predicted octanol–water partition coefficient (Wildman–Crippen LogP) is 2.20. The molecule has 0 bridgehead atoms. The molecule has 1 fully saturated rings. The molecule has 0 aromatic heterocycles. The number of halogens is 3. The van der Waals surface area contributed by atoms with E-state index < -0.39 is 4.33 Å². The van der Waals surface area contributed by atoms with Crippen molar-refractivity contribution in [2.75, 3.05) is 6.54 Å². The first-order valence-corrected chi connectivity index (χ1v) is 3.78. The Morgan fingerprint density at radius 1 is 1.40 bits per heavy atom. The van der Waals surface area contributed by atoms with Gasteiger partial charge in [-0.15, -0.1) is 35.6 Å². The molecule has 0 heterocycles. The van der Waals surface area contributed by atoms with Gasteiger partial charge in [0.2, 0.25) is 0 Å². The van der Waals surface area contributed by atoms with Gasteiger partial charge < -0.3 is 5.73 Å². The molecule has 0 aliphatic heterocycles. The smallest absolute Gasteiger partial charge is 0.128 e. The Morgan fingerprint density at radius 2 is 1.70 bits per heavy atom. The van der Waals surface area contributed by atoms with Crippen LogP contribution in [0.25, 0.3) is 0 Å². The van der Waals surface area contributed by atoms with Crippen LogP contribution in [0, 0.1) is 11.3 Å². The maximum Gasteiger partial charge on any atom is 0.128 e. The zero-order valence-corrected chi connectivity index (χ0v) is 8.35. The summed E-state index contributed by atoms with van der Waals surface area (Å²) in [5, 5.41) is 0. The van der Waals surface area contributed by atoms with Crippen molar-refractivity contribution in [2.45, 2.75) is 18.2 Å². The van der Waals surface area contributed by atoms with E-state index in [1.165, 1.54) is 0 Å². The lowest BCUT2D eigenvalue weighted by Crippen LogP contribution is -2.06. The lowest BCUT2D eigenvalue weighted by Gasteiger charge is -1.99. The van der Waals surface area contributed by atoms with E-state index in [2.05, 4.69) is 0 Å². The second-order valence-corrected chi connectivity index (χ2v) is 4.52. The average molecular weight is 205 g/mol. The fraction of sp³-hybridized carbons (Fsp3) is 1.00. The van der Waals surface area contributed by atoms with Gasteiger partial charge in [0.15, 0.2) is 0 Å². The predicted molar refractivity (Wildman–Crippen MR) is 48.0 cm³/mol. The highest BCUT2D eigenvalue weighted by Gasteiger charge is 2.69. The number of alkyl halides is 2. The van der Waals surface area contributed by atoms with Gasteiger partial charge in [0.25, 0.3) is 0 Å². The summed E-state index contributed by atoms with van der Waals surface area (Å²) < 4.78 is -0.568. The second-order valence-electron chi connectivity index (χ2n) is 3.13. The molecule has 1 aliphatic carbocycles. The maximum atomic E-state index is 5.88. The van der Waals surface area contributed by atoms with Crippen LogP contribution in [0.3, 0.4) is 0 Å². The molecule has 0 spiro atoms. The molecule has 1 aliphatic rings. The van der Waals surface area contributed by atoms with Gasteiger partial charge >= 0.3 is 0 Å². The van der Waals surface area contributed by atoms with Gasteiger partial charge in [-0.25, -0.2) is 0 Å². The maximum absolute atomic E-state index is 5.88. The Morgan fingerprint density at radius 3 is 1.70 bits per heavy atom. The van der Waals surface area contributed by atoms with Crippen molar-refractivity contribution in [2.24, 2.45) is 17.1 Å². The molecule has 1 saturated carbocycles. The molecule has 0 saturated heterocycles. The van der Waals surface area contributed by atoms with Crippen molar-refractivity contribution in [3.63, 3.8) is 0 Å².